The van der Waals surface area contributed by atoms with E-state index in [0.29, 0.717) is 5.69 Å². The molecule has 2 aromatic carbocycles. The molecule has 0 saturated carbocycles. The van der Waals surface area contributed by atoms with Crippen molar-refractivity contribution in [3.63, 3.8) is 0 Å². The normalized spacial score (nSPS) is 10.5. The molecule has 3 nitrogen and oxygen atoms in total. The lowest BCUT2D eigenvalue weighted by Crippen LogP contribution is -2.16. The highest BCUT2D eigenvalue weighted by Crippen LogP contribution is 2.24. The Balaban J connectivity index is 2.37. The van der Waals surface area contributed by atoms with Gasteiger partial charge in [-0.2, -0.15) is 0 Å². The monoisotopic (exact) mass is 282 g/mol. The first-order valence-electron chi connectivity index (χ1n) is 7.05. The van der Waals surface area contributed by atoms with Crippen molar-refractivity contribution in [1.29, 1.82) is 0 Å². The van der Waals surface area contributed by atoms with Crippen molar-refractivity contribution in [2.45, 2.75) is 34.6 Å². The van der Waals surface area contributed by atoms with Crippen LogP contribution in [-0.4, -0.2) is 5.91 Å². The molecule has 0 heterocycles. The van der Waals surface area contributed by atoms with Gasteiger partial charge < -0.3 is 11.1 Å². The summed E-state index contributed by atoms with van der Waals surface area (Å²) in [5.41, 5.74) is 13.3. The van der Waals surface area contributed by atoms with Gasteiger partial charge in [0.15, 0.2) is 0 Å². The van der Waals surface area contributed by atoms with E-state index in [-0.39, 0.29) is 5.91 Å². The fourth-order valence-corrected chi connectivity index (χ4v) is 2.73. The number of nitrogens with one attached hydrogen (secondary N) is 1. The summed E-state index contributed by atoms with van der Waals surface area (Å²) in [6.07, 6.45) is 0. The Morgan fingerprint density at radius 3 is 2.00 bits per heavy atom. The predicted octanol–water partition coefficient (Wildman–Crippen LogP) is 4.06. The zero-order chi connectivity index (χ0) is 15.7. The highest BCUT2D eigenvalue weighted by Gasteiger charge is 2.14. The van der Waals surface area contributed by atoms with Gasteiger partial charge in [0.25, 0.3) is 5.91 Å². The molecule has 0 saturated heterocycles. The average molecular weight is 282 g/mol. The maximum absolute atomic E-state index is 12.6. The van der Waals surface area contributed by atoms with Crippen molar-refractivity contribution in [1.82, 2.24) is 0 Å². The molecule has 0 aliphatic heterocycles. The molecule has 0 atom stereocenters. The summed E-state index contributed by atoms with van der Waals surface area (Å²) >= 11 is 0. The minimum absolute atomic E-state index is 0.0867. The van der Waals surface area contributed by atoms with Gasteiger partial charge in [-0.15, -0.1) is 0 Å². The minimum Gasteiger partial charge on any atom is -0.398 e. The fraction of sp³-hybridized carbons (Fsp3) is 0.278. The van der Waals surface area contributed by atoms with Gasteiger partial charge in [0.05, 0.1) is 0 Å². The largest absolute Gasteiger partial charge is 0.398 e. The van der Waals surface area contributed by atoms with Crippen molar-refractivity contribution >= 4 is 17.3 Å². The first-order valence-corrected chi connectivity index (χ1v) is 7.05. The molecule has 3 heteroatoms. The van der Waals surface area contributed by atoms with Crippen LogP contribution in [0.4, 0.5) is 11.4 Å². The van der Waals surface area contributed by atoms with Crippen molar-refractivity contribution in [2.75, 3.05) is 11.1 Å². The zero-order valence-electron chi connectivity index (χ0n) is 13.3. The van der Waals surface area contributed by atoms with E-state index in [9.17, 15) is 4.79 Å². The summed E-state index contributed by atoms with van der Waals surface area (Å²) in [4.78, 5) is 12.6. The van der Waals surface area contributed by atoms with E-state index < -0.39 is 0 Å². The molecule has 0 fully saturated rings. The van der Waals surface area contributed by atoms with Crippen molar-refractivity contribution < 1.29 is 4.79 Å². The summed E-state index contributed by atoms with van der Waals surface area (Å²) in [5.74, 6) is -0.0867. The van der Waals surface area contributed by atoms with E-state index in [1.54, 1.807) is 0 Å². The van der Waals surface area contributed by atoms with Crippen LogP contribution in [0.3, 0.4) is 0 Å². The molecule has 2 aromatic rings. The van der Waals surface area contributed by atoms with E-state index >= 15 is 0 Å². The van der Waals surface area contributed by atoms with Gasteiger partial charge in [0.1, 0.15) is 0 Å². The Kier molecular flexibility index (Phi) is 4.03. The number of nitrogens with two attached hydrogens (primary N) is 1. The third kappa shape index (κ3) is 3.07. The lowest BCUT2D eigenvalue weighted by molar-refractivity contribution is 0.102. The molecule has 110 valence electrons. The highest BCUT2D eigenvalue weighted by atomic mass is 16.1. The van der Waals surface area contributed by atoms with Crippen LogP contribution in [0.1, 0.15) is 38.2 Å². The molecular weight excluding hydrogens is 260 g/mol. The number of benzene rings is 2. The standard InChI is InChI=1S/C18H22N2O/c1-10-6-13(4)17(14(5)7-10)18(21)20-16-9-15(19)11(2)8-12(16)3/h6-9H,19H2,1-5H3,(H,20,21). The number of amides is 1. The molecule has 1 amide bonds. The van der Waals surface area contributed by atoms with E-state index in [0.717, 1.165) is 39.1 Å². The molecule has 3 N–H and O–H groups in total. The van der Waals surface area contributed by atoms with Crippen LogP contribution in [0.15, 0.2) is 24.3 Å². The van der Waals surface area contributed by atoms with Gasteiger partial charge >= 0.3 is 0 Å². The van der Waals surface area contributed by atoms with Crippen LogP contribution in [0.5, 0.6) is 0 Å². The number of anilines is 2. The van der Waals surface area contributed by atoms with Gasteiger partial charge in [-0.25, -0.2) is 0 Å². The summed E-state index contributed by atoms with van der Waals surface area (Å²) < 4.78 is 0. The number of hydrogen-bond donors (Lipinski definition) is 2. The molecule has 0 aliphatic carbocycles. The molecule has 0 radical (unpaired) electrons. The van der Waals surface area contributed by atoms with Crippen LogP contribution in [0.2, 0.25) is 0 Å². The Morgan fingerprint density at radius 2 is 1.43 bits per heavy atom. The van der Waals surface area contributed by atoms with Crippen molar-refractivity contribution in [2.24, 2.45) is 0 Å². The topological polar surface area (TPSA) is 55.1 Å². The number of rotatable bonds is 2. The average Bonchev–Trinajstić information content (AvgIpc) is 2.34. The number of carbonyl (C=O) groups is 1. The number of carbonyl (C=O) groups excluding carboxylic acids is 1. The number of nitrogen functional groups attached to an aromatic ring is 1. The zero-order valence-corrected chi connectivity index (χ0v) is 13.3. The fourth-order valence-electron chi connectivity index (χ4n) is 2.73. The van der Waals surface area contributed by atoms with Crippen LogP contribution in [-0.2, 0) is 0 Å². The van der Waals surface area contributed by atoms with Crippen molar-refractivity contribution in [3.05, 3.63) is 57.6 Å². The molecular formula is C18H22N2O. The molecule has 0 unspecified atom stereocenters. The van der Waals surface area contributed by atoms with E-state index in [4.69, 9.17) is 5.73 Å². The van der Waals surface area contributed by atoms with Crippen LogP contribution < -0.4 is 11.1 Å². The molecule has 21 heavy (non-hydrogen) atoms. The Bertz CT molecular complexity index is 694. The SMILES string of the molecule is Cc1cc(C)c(C(=O)Nc2cc(N)c(C)cc2C)c(C)c1. The summed E-state index contributed by atoms with van der Waals surface area (Å²) in [5, 5.41) is 2.98. The Hall–Kier alpha value is -2.29. The predicted molar refractivity (Wildman–Crippen MR) is 88.9 cm³/mol. The molecule has 0 aliphatic rings. The number of aryl methyl sites for hydroxylation is 5. The van der Waals surface area contributed by atoms with Gasteiger partial charge in [0.2, 0.25) is 0 Å². The second-order valence-electron chi connectivity index (χ2n) is 5.75. The van der Waals surface area contributed by atoms with Gasteiger partial charge in [-0.1, -0.05) is 23.8 Å². The lowest BCUT2D eigenvalue weighted by atomic mass is 9.99. The quantitative estimate of drug-likeness (QED) is 0.816. The molecule has 0 aromatic heterocycles. The lowest BCUT2D eigenvalue weighted by Gasteiger charge is -2.14. The molecule has 0 spiro atoms. The van der Waals surface area contributed by atoms with Crippen LogP contribution in [0.25, 0.3) is 0 Å². The highest BCUT2D eigenvalue weighted by molar-refractivity contribution is 6.07. The Morgan fingerprint density at radius 1 is 0.857 bits per heavy atom. The molecule has 2 rings (SSSR count). The number of hydrogen-bond acceptors (Lipinski definition) is 2. The maximum Gasteiger partial charge on any atom is 0.256 e. The maximum atomic E-state index is 12.6. The summed E-state index contributed by atoms with van der Waals surface area (Å²) in [7, 11) is 0. The van der Waals surface area contributed by atoms with E-state index in [2.05, 4.69) is 5.32 Å². The minimum atomic E-state index is -0.0867. The third-order valence-electron chi connectivity index (χ3n) is 3.77. The summed E-state index contributed by atoms with van der Waals surface area (Å²) in [6.45, 7) is 9.89. The van der Waals surface area contributed by atoms with Crippen LogP contribution in [0, 0.1) is 34.6 Å². The first kappa shape index (κ1) is 15.1. The van der Waals surface area contributed by atoms with Gasteiger partial charge in [-0.05, 0) is 62.9 Å². The van der Waals surface area contributed by atoms with Crippen LogP contribution >= 0.6 is 0 Å². The van der Waals surface area contributed by atoms with Crippen molar-refractivity contribution in [3.8, 4) is 0 Å². The second-order valence-corrected chi connectivity index (χ2v) is 5.75. The van der Waals surface area contributed by atoms with E-state index in [1.165, 1.54) is 0 Å². The van der Waals surface area contributed by atoms with Gasteiger partial charge in [0, 0.05) is 16.9 Å². The van der Waals surface area contributed by atoms with E-state index in [1.807, 2.05) is 58.9 Å². The first-order chi connectivity index (χ1) is 9.79. The second kappa shape index (κ2) is 5.60. The molecule has 0 bridgehead atoms. The summed E-state index contributed by atoms with van der Waals surface area (Å²) in [6, 6.07) is 7.86. The third-order valence-corrected chi connectivity index (χ3v) is 3.77. The smallest absolute Gasteiger partial charge is 0.256 e. The Labute approximate surface area is 126 Å². The van der Waals surface area contributed by atoms with Gasteiger partial charge in [-0.3, -0.25) is 4.79 Å².